The maximum Gasteiger partial charge on any atom is 0.416 e. The van der Waals surface area contributed by atoms with E-state index in [-0.39, 0.29) is 28.3 Å². The van der Waals surface area contributed by atoms with Gasteiger partial charge < -0.3 is 15.8 Å². The number of anilines is 3. The number of imidazole rings is 1. The number of aromatic amines is 1. The van der Waals surface area contributed by atoms with Crippen LogP contribution in [0.15, 0.2) is 43.0 Å². The van der Waals surface area contributed by atoms with Gasteiger partial charge in [-0.1, -0.05) is 11.6 Å². The minimum absolute atomic E-state index is 0.0855. The number of aryl methyl sites for hydroxylation is 1. The molecule has 1 aliphatic rings. The van der Waals surface area contributed by atoms with Crippen LogP contribution in [0.25, 0.3) is 16.9 Å². The van der Waals surface area contributed by atoms with Crippen molar-refractivity contribution in [3.63, 3.8) is 0 Å². The van der Waals surface area contributed by atoms with Gasteiger partial charge in [0.25, 0.3) is 0 Å². The van der Waals surface area contributed by atoms with Gasteiger partial charge in [-0.2, -0.15) is 13.2 Å². The Labute approximate surface area is 233 Å². The number of hydrogen-bond donors (Lipinski definition) is 4. The van der Waals surface area contributed by atoms with Crippen LogP contribution in [0.4, 0.5) is 30.6 Å². The van der Waals surface area contributed by atoms with Crippen LogP contribution in [0, 0.1) is 0 Å². The number of alkyl halides is 3. The average Bonchev–Trinajstić information content (AvgIpc) is 3.50. The van der Waals surface area contributed by atoms with E-state index in [1.165, 1.54) is 30.9 Å². The summed E-state index contributed by atoms with van der Waals surface area (Å²) in [4.78, 5) is 18.0. The maximum atomic E-state index is 13.8. The minimum atomic E-state index is -4.49. The first-order chi connectivity index (χ1) is 19.1. The number of pyridine rings is 1. The molecule has 0 amide bonds. The molecule has 1 atom stereocenters. The average molecular weight is 575 g/mol. The van der Waals surface area contributed by atoms with Gasteiger partial charge in [-0.15, -0.1) is 0 Å². The third-order valence-electron chi connectivity index (χ3n) is 6.86. The largest absolute Gasteiger partial charge is 0.450 e. The van der Waals surface area contributed by atoms with Crippen molar-refractivity contribution in [3.8, 4) is 5.75 Å². The van der Waals surface area contributed by atoms with Crippen molar-refractivity contribution >= 4 is 46.0 Å². The minimum Gasteiger partial charge on any atom is -0.450 e. The van der Waals surface area contributed by atoms with Gasteiger partial charge in [0.1, 0.15) is 10.7 Å². The van der Waals surface area contributed by atoms with E-state index in [0.29, 0.717) is 34.2 Å². The Morgan fingerprint density at radius 1 is 1.25 bits per heavy atom. The number of aromatic nitrogens is 5. The normalized spacial score (nSPS) is 16.5. The number of nitrogens with two attached hydrogens (primary N) is 1. The molecular weight excluding hydrogens is 547 g/mol. The molecule has 210 valence electrons. The van der Waals surface area contributed by atoms with Crippen LogP contribution in [0.5, 0.6) is 5.75 Å². The zero-order valence-corrected chi connectivity index (χ0v) is 22.7. The number of halogens is 4. The molecule has 3 aromatic heterocycles. The van der Waals surface area contributed by atoms with Gasteiger partial charge >= 0.3 is 12.1 Å². The number of benzene rings is 1. The van der Waals surface area contributed by atoms with Gasteiger partial charge in [-0.05, 0) is 50.2 Å². The molecule has 40 heavy (non-hydrogen) atoms. The van der Waals surface area contributed by atoms with Gasteiger partial charge in [0.2, 0.25) is 5.65 Å². The Morgan fingerprint density at radius 3 is 2.70 bits per heavy atom. The summed E-state index contributed by atoms with van der Waals surface area (Å²) in [6.45, 7) is 0.837. The number of fused-ring (bicyclic) bond motifs is 1. The molecule has 1 saturated heterocycles. The van der Waals surface area contributed by atoms with Crippen molar-refractivity contribution in [2.75, 3.05) is 31.3 Å². The first-order valence-corrected chi connectivity index (χ1v) is 12.8. The van der Waals surface area contributed by atoms with Crippen molar-refractivity contribution in [2.45, 2.75) is 25.1 Å². The topological polar surface area (TPSA) is 121 Å². The molecule has 4 aromatic rings. The smallest absolute Gasteiger partial charge is 0.416 e. The van der Waals surface area contributed by atoms with E-state index in [9.17, 15) is 13.2 Å². The second-order valence-corrected chi connectivity index (χ2v) is 9.79. The third kappa shape index (κ3) is 5.21. The van der Waals surface area contributed by atoms with Crippen LogP contribution in [0.1, 0.15) is 35.7 Å². The maximum absolute atomic E-state index is 13.8. The van der Waals surface area contributed by atoms with Gasteiger partial charge in [0.15, 0.2) is 22.8 Å². The van der Waals surface area contributed by atoms with Crippen LogP contribution in [0.2, 0.25) is 5.02 Å². The molecule has 0 radical (unpaired) electrons. The molecule has 1 aliphatic heterocycles. The Bertz CT molecular complexity index is 1590. The zero-order chi connectivity index (χ0) is 28.6. The van der Waals surface area contributed by atoms with Crippen LogP contribution >= 0.6 is 11.6 Å². The molecule has 0 aliphatic carbocycles. The van der Waals surface area contributed by atoms with E-state index in [4.69, 9.17) is 22.1 Å². The van der Waals surface area contributed by atoms with Crippen molar-refractivity contribution in [3.05, 3.63) is 64.8 Å². The van der Waals surface area contributed by atoms with Crippen molar-refractivity contribution < 1.29 is 22.5 Å². The lowest BCUT2D eigenvalue weighted by Gasteiger charge is -2.21. The third-order valence-corrected chi connectivity index (χ3v) is 7.22. The quantitative estimate of drug-likeness (QED) is 0.185. The van der Waals surface area contributed by atoms with Gasteiger partial charge in [-0.25, -0.2) is 29.8 Å². The van der Waals surface area contributed by atoms with E-state index < -0.39 is 11.7 Å². The van der Waals surface area contributed by atoms with Crippen LogP contribution in [-0.4, -0.2) is 45.5 Å². The van der Waals surface area contributed by atoms with E-state index >= 15 is 0 Å². The summed E-state index contributed by atoms with van der Waals surface area (Å²) in [6.07, 6.45) is 2.92. The Morgan fingerprint density at radius 2 is 2.02 bits per heavy atom. The van der Waals surface area contributed by atoms with Gasteiger partial charge in [0, 0.05) is 31.7 Å². The molecule has 5 rings (SSSR count). The zero-order valence-electron chi connectivity index (χ0n) is 22.0. The summed E-state index contributed by atoms with van der Waals surface area (Å²) >= 11 is 6.73. The Balaban J connectivity index is 1.50. The summed E-state index contributed by atoms with van der Waals surface area (Å²) in [7, 11) is 5.32. The standard InChI is InChI=1S/C26H27ClF3N9O/c1-32-23-21(33-6-7-34-23)18(12-31)40-19-13-35-24-22(20(19)27)39(3)25(37-24)36-16-10-14(17-5-4-8-38(17)2)9-15(11-16)26(28,29)30/h6-7,9-13,17H,4-5,8H2,1-3H3,(H4,31,32,33,34,35,36,37)/p+1. The summed E-state index contributed by atoms with van der Waals surface area (Å²) in [5.41, 5.74) is 7.23. The molecule has 0 spiro atoms. The van der Waals surface area contributed by atoms with E-state index in [0.717, 1.165) is 25.5 Å². The monoisotopic (exact) mass is 574 g/mol. The molecule has 5 N–H and O–H groups in total. The van der Waals surface area contributed by atoms with Gasteiger partial charge in [0.05, 0.1) is 24.5 Å². The van der Waals surface area contributed by atoms with Crippen LogP contribution in [-0.2, 0) is 13.2 Å². The van der Waals surface area contributed by atoms with E-state index in [1.54, 1.807) is 24.7 Å². The first-order valence-electron chi connectivity index (χ1n) is 12.4. The SMILES string of the molecule is CNc1nccnc1/C(=C\N)Oc1cnc2[nH]c(Nc3cc(C4CCCN4C)cc(C(F)(F)F)c3)[n+](C)c2c1Cl. The lowest BCUT2D eigenvalue weighted by Crippen LogP contribution is -2.30. The first kappa shape index (κ1) is 27.5. The highest BCUT2D eigenvalue weighted by atomic mass is 35.5. The van der Waals surface area contributed by atoms with Crippen molar-refractivity contribution in [1.29, 1.82) is 0 Å². The van der Waals surface area contributed by atoms with Crippen LogP contribution in [0.3, 0.4) is 0 Å². The molecular formula is C26H28ClF3N9O+. The second kappa shape index (κ2) is 10.8. The number of H-pyrrole nitrogens is 1. The highest BCUT2D eigenvalue weighted by Crippen LogP contribution is 2.38. The van der Waals surface area contributed by atoms with Crippen molar-refractivity contribution in [1.82, 2.24) is 24.8 Å². The predicted molar refractivity (Wildman–Crippen MR) is 146 cm³/mol. The highest BCUT2D eigenvalue weighted by Gasteiger charge is 2.34. The predicted octanol–water partition coefficient (Wildman–Crippen LogP) is 4.74. The van der Waals surface area contributed by atoms with Gasteiger partial charge in [-0.3, -0.25) is 4.90 Å². The molecule has 1 unspecified atom stereocenters. The van der Waals surface area contributed by atoms with Crippen LogP contribution < -0.4 is 25.7 Å². The molecule has 4 heterocycles. The fraction of sp³-hybridized carbons (Fsp3) is 0.308. The fourth-order valence-electron chi connectivity index (χ4n) is 4.88. The van der Waals surface area contributed by atoms with Crippen molar-refractivity contribution in [2.24, 2.45) is 12.8 Å². The fourth-order valence-corrected chi connectivity index (χ4v) is 5.19. The summed E-state index contributed by atoms with van der Waals surface area (Å²) in [6, 6.07) is 3.98. The molecule has 0 saturated carbocycles. The molecule has 1 aromatic carbocycles. The Hall–Kier alpha value is -4.10. The number of likely N-dealkylation sites (tertiary alicyclic amines) is 1. The van der Waals surface area contributed by atoms with E-state index in [1.807, 2.05) is 7.05 Å². The molecule has 1 fully saturated rings. The highest BCUT2D eigenvalue weighted by molar-refractivity contribution is 6.36. The molecule has 10 nitrogen and oxygen atoms in total. The number of ether oxygens (including phenoxy) is 1. The lowest BCUT2D eigenvalue weighted by molar-refractivity contribution is -0.629. The summed E-state index contributed by atoms with van der Waals surface area (Å²) < 4.78 is 49.0. The molecule has 0 bridgehead atoms. The number of nitrogens with one attached hydrogen (secondary N) is 3. The second-order valence-electron chi connectivity index (χ2n) is 9.41. The lowest BCUT2D eigenvalue weighted by atomic mass is 10.0. The number of rotatable bonds is 7. The summed E-state index contributed by atoms with van der Waals surface area (Å²) in [5, 5.41) is 6.22. The molecule has 14 heteroatoms. The van der Waals surface area contributed by atoms with E-state index in [2.05, 4.69) is 35.5 Å². The number of nitrogens with zero attached hydrogens (tertiary/aromatic N) is 5. The summed E-state index contributed by atoms with van der Waals surface area (Å²) in [5.74, 6) is 1.23. The number of hydrogen-bond acceptors (Lipinski definition) is 8. The Kier molecular flexibility index (Phi) is 7.43.